The monoisotopic (exact) mass is 172 g/mol. The van der Waals surface area contributed by atoms with Gasteiger partial charge in [0.15, 0.2) is 6.10 Å². The fraction of sp³-hybridized carbons (Fsp3) is 0.800. The van der Waals surface area contributed by atoms with Crippen molar-refractivity contribution in [2.45, 2.75) is 18.7 Å². The van der Waals surface area contributed by atoms with Gasteiger partial charge in [0, 0.05) is 0 Å². The Balaban J connectivity index is 3.87. The number of esters is 1. The van der Waals surface area contributed by atoms with Gasteiger partial charge < -0.3 is 9.84 Å². The SMILES string of the molecule is COC(=O)[C@H](O)CC(F)(F)F. The number of carbonyl (C=O) groups is 1. The van der Waals surface area contributed by atoms with Crippen LogP contribution in [-0.4, -0.2) is 30.5 Å². The van der Waals surface area contributed by atoms with Gasteiger partial charge in [-0.3, -0.25) is 0 Å². The van der Waals surface area contributed by atoms with Crippen LogP contribution >= 0.6 is 0 Å². The Morgan fingerprint density at radius 2 is 2.09 bits per heavy atom. The van der Waals surface area contributed by atoms with Crippen molar-refractivity contribution in [3.8, 4) is 0 Å². The van der Waals surface area contributed by atoms with E-state index in [0.29, 0.717) is 0 Å². The molecule has 6 heteroatoms. The molecule has 0 aromatic heterocycles. The molecule has 0 fully saturated rings. The number of ether oxygens (including phenoxy) is 1. The highest BCUT2D eigenvalue weighted by Gasteiger charge is 2.34. The number of aliphatic hydroxyl groups is 1. The molecule has 0 aliphatic carbocycles. The first kappa shape index (κ1) is 10.2. The van der Waals surface area contributed by atoms with Gasteiger partial charge in [-0.15, -0.1) is 0 Å². The Morgan fingerprint density at radius 3 is 2.36 bits per heavy atom. The molecule has 66 valence electrons. The fourth-order valence-corrected chi connectivity index (χ4v) is 0.439. The van der Waals surface area contributed by atoms with Crippen LogP contribution in [0.1, 0.15) is 6.42 Å². The van der Waals surface area contributed by atoms with E-state index in [1.807, 2.05) is 0 Å². The van der Waals surface area contributed by atoms with E-state index < -0.39 is 24.7 Å². The van der Waals surface area contributed by atoms with E-state index in [0.717, 1.165) is 7.11 Å². The standard InChI is InChI=1S/C5H7F3O3/c1-11-4(10)3(9)2-5(6,7)8/h3,9H,2H2,1H3/t3-/m1/s1. The second kappa shape index (κ2) is 3.56. The molecule has 11 heavy (non-hydrogen) atoms. The van der Waals surface area contributed by atoms with Crippen molar-refractivity contribution in [3.63, 3.8) is 0 Å². The quantitative estimate of drug-likeness (QED) is 0.616. The molecule has 0 aromatic rings. The predicted octanol–water partition coefficient (Wildman–Crippen LogP) is 0.473. The molecule has 0 bridgehead atoms. The third kappa shape index (κ3) is 4.60. The molecule has 0 radical (unpaired) electrons. The van der Waals surface area contributed by atoms with Crippen LogP contribution in [0, 0.1) is 0 Å². The van der Waals surface area contributed by atoms with Crippen molar-refractivity contribution in [3.05, 3.63) is 0 Å². The van der Waals surface area contributed by atoms with Crippen LogP contribution in [0.25, 0.3) is 0 Å². The van der Waals surface area contributed by atoms with Crippen LogP contribution in [0.15, 0.2) is 0 Å². The summed E-state index contributed by atoms with van der Waals surface area (Å²) in [5.41, 5.74) is 0. The molecular formula is C5H7F3O3. The van der Waals surface area contributed by atoms with Crippen molar-refractivity contribution >= 4 is 5.97 Å². The van der Waals surface area contributed by atoms with Gasteiger partial charge in [0.2, 0.25) is 0 Å². The molecule has 0 spiro atoms. The van der Waals surface area contributed by atoms with Crippen LogP contribution in [-0.2, 0) is 9.53 Å². The molecule has 0 unspecified atom stereocenters. The van der Waals surface area contributed by atoms with Gasteiger partial charge in [0.1, 0.15) is 0 Å². The average Bonchev–Trinajstić information content (AvgIpc) is 1.82. The zero-order valence-corrected chi connectivity index (χ0v) is 5.68. The molecule has 0 saturated heterocycles. The summed E-state index contributed by atoms with van der Waals surface area (Å²) in [5, 5.41) is 8.46. The molecular weight excluding hydrogens is 165 g/mol. The largest absolute Gasteiger partial charge is 0.467 e. The van der Waals surface area contributed by atoms with Crippen LogP contribution in [0.3, 0.4) is 0 Å². The van der Waals surface area contributed by atoms with Crippen molar-refractivity contribution in [2.24, 2.45) is 0 Å². The van der Waals surface area contributed by atoms with Gasteiger partial charge >= 0.3 is 12.1 Å². The topological polar surface area (TPSA) is 46.5 Å². The minimum Gasteiger partial charge on any atom is -0.467 e. The molecule has 1 N–H and O–H groups in total. The number of aliphatic hydroxyl groups excluding tert-OH is 1. The summed E-state index contributed by atoms with van der Waals surface area (Å²) in [5.74, 6) is -1.28. The molecule has 0 saturated carbocycles. The number of carbonyl (C=O) groups excluding carboxylic acids is 1. The first-order valence-electron chi connectivity index (χ1n) is 2.69. The van der Waals surface area contributed by atoms with E-state index >= 15 is 0 Å². The lowest BCUT2D eigenvalue weighted by Crippen LogP contribution is -2.28. The van der Waals surface area contributed by atoms with Gasteiger partial charge in [-0.05, 0) is 0 Å². The number of hydrogen-bond donors (Lipinski definition) is 1. The molecule has 0 amide bonds. The second-order valence-corrected chi connectivity index (χ2v) is 1.86. The van der Waals surface area contributed by atoms with Crippen molar-refractivity contribution in [1.29, 1.82) is 0 Å². The maximum Gasteiger partial charge on any atom is 0.392 e. The van der Waals surface area contributed by atoms with Gasteiger partial charge in [0.05, 0.1) is 13.5 Å². The van der Waals surface area contributed by atoms with Crippen molar-refractivity contribution in [1.82, 2.24) is 0 Å². The molecule has 0 heterocycles. The molecule has 1 atom stereocenters. The van der Waals surface area contributed by atoms with E-state index in [4.69, 9.17) is 5.11 Å². The third-order valence-corrected chi connectivity index (χ3v) is 0.898. The van der Waals surface area contributed by atoms with Gasteiger partial charge in [-0.25, -0.2) is 4.79 Å². The number of halogens is 3. The minimum atomic E-state index is -4.55. The van der Waals surface area contributed by atoms with Gasteiger partial charge in [-0.1, -0.05) is 0 Å². The summed E-state index contributed by atoms with van der Waals surface area (Å²) in [6.45, 7) is 0. The Hall–Kier alpha value is -0.780. The van der Waals surface area contributed by atoms with E-state index in [9.17, 15) is 18.0 Å². The summed E-state index contributed by atoms with van der Waals surface area (Å²) in [6.07, 6.45) is -8.23. The summed E-state index contributed by atoms with van der Waals surface area (Å²) in [6, 6.07) is 0. The number of methoxy groups -OCH3 is 1. The predicted molar refractivity (Wildman–Crippen MR) is 28.7 cm³/mol. The maximum atomic E-state index is 11.4. The van der Waals surface area contributed by atoms with Crippen LogP contribution < -0.4 is 0 Å². The third-order valence-electron chi connectivity index (χ3n) is 0.898. The zero-order chi connectivity index (χ0) is 9.07. The highest BCUT2D eigenvalue weighted by atomic mass is 19.4. The second-order valence-electron chi connectivity index (χ2n) is 1.86. The first-order valence-corrected chi connectivity index (χ1v) is 2.69. The maximum absolute atomic E-state index is 11.4. The molecule has 0 aromatic carbocycles. The van der Waals surface area contributed by atoms with Gasteiger partial charge in [-0.2, -0.15) is 13.2 Å². The molecule has 0 aliphatic heterocycles. The van der Waals surface area contributed by atoms with Crippen molar-refractivity contribution < 1.29 is 27.8 Å². The van der Waals surface area contributed by atoms with Gasteiger partial charge in [0.25, 0.3) is 0 Å². The Kier molecular flexibility index (Phi) is 3.31. The Labute approximate surface area is 60.8 Å². The zero-order valence-electron chi connectivity index (χ0n) is 5.68. The van der Waals surface area contributed by atoms with Crippen molar-refractivity contribution in [2.75, 3.05) is 7.11 Å². The van der Waals surface area contributed by atoms with Crippen LogP contribution in [0.2, 0.25) is 0 Å². The Bertz CT molecular complexity index is 142. The minimum absolute atomic E-state index is 0.905. The van der Waals surface area contributed by atoms with E-state index in [1.165, 1.54) is 0 Å². The molecule has 0 rings (SSSR count). The number of alkyl halides is 3. The number of rotatable bonds is 2. The van der Waals surface area contributed by atoms with Crippen LogP contribution in [0.5, 0.6) is 0 Å². The number of hydrogen-bond acceptors (Lipinski definition) is 3. The van der Waals surface area contributed by atoms with E-state index in [-0.39, 0.29) is 0 Å². The summed E-state index contributed by atoms with van der Waals surface area (Å²) >= 11 is 0. The summed E-state index contributed by atoms with van der Waals surface area (Å²) in [7, 11) is 0.905. The lowest BCUT2D eigenvalue weighted by molar-refractivity contribution is -0.174. The highest BCUT2D eigenvalue weighted by molar-refractivity contribution is 5.74. The lowest BCUT2D eigenvalue weighted by atomic mass is 10.2. The Morgan fingerprint density at radius 1 is 1.64 bits per heavy atom. The lowest BCUT2D eigenvalue weighted by Gasteiger charge is -2.10. The average molecular weight is 172 g/mol. The normalized spacial score (nSPS) is 14.3. The van der Waals surface area contributed by atoms with E-state index in [1.54, 1.807) is 0 Å². The summed E-state index contributed by atoms with van der Waals surface area (Å²) in [4.78, 5) is 10.2. The fourth-order valence-electron chi connectivity index (χ4n) is 0.439. The highest BCUT2D eigenvalue weighted by Crippen LogP contribution is 2.21. The molecule has 3 nitrogen and oxygen atoms in total. The smallest absolute Gasteiger partial charge is 0.392 e. The first-order chi connectivity index (χ1) is 4.87. The summed E-state index contributed by atoms with van der Waals surface area (Å²) < 4.78 is 38.2. The van der Waals surface area contributed by atoms with E-state index in [2.05, 4.69) is 4.74 Å². The molecule has 0 aliphatic rings. The van der Waals surface area contributed by atoms with Crippen LogP contribution in [0.4, 0.5) is 13.2 Å².